The number of alkyl halides is 1. The van der Waals surface area contributed by atoms with Crippen molar-refractivity contribution in [3.8, 4) is 11.5 Å². The molecule has 0 aliphatic carbocycles. The summed E-state index contributed by atoms with van der Waals surface area (Å²) in [5, 5.41) is 15.0. The Kier molecular flexibility index (Phi) is 15.3. The quantitative estimate of drug-likeness (QED) is 0.126. The van der Waals surface area contributed by atoms with Gasteiger partial charge >= 0.3 is 0 Å². The number of fused-ring (bicyclic) bond motifs is 2. The Balaban J connectivity index is 0.000000162. The average Bonchev–Trinajstić information content (AvgIpc) is 3.79. The molecule has 6 aromatic rings. The molecular formula is C40H41Cl3I2N8O4. The van der Waals surface area contributed by atoms with Gasteiger partial charge in [0.1, 0.15) is 31.3 Å². The molecule has 12 nitrogen and oxygen atoms in total. The predicted octanol–water partition coefficient (Wildman–Crippen LogP) is 8.06. The summed E-state index contributed by atoms with van der Waals surface area (Å²) in [6.45, 7) is 6.12. The van der Waals surface area contributed by atoms with Crippen molar-refractivity contribution in [2.75, 3.05) is 82.3 Å². The van der Waals surface area contributed by atoms with Crippen molar-refractivity contribution in [3.63, 3.8) is 0 Å². The lowest BCUT2D eigenvalue weighted by Crippen LogP contribution is -2.49. The van der Waals surface area contributed by atoms with E-state index in [1.54, 1.807) is 23.8 Å². The first-order valence-electron chi connectivity index (χ1n) is 18.1. The lowest BCUT2D eigenvalue weighted by molar-refractivity contribution is -0.132. The molecule has 17 heteroatoms. The maximum absolute atomic E-state index is 12.8. The number of hydrogen-bond donors (Lipinski definition) is 1. The number of para-hydroxylation sites is 2. The summed E-state index contributed by atoms with van der Waals surface area (Å²) in [4.78, 5) is 32.5. The molecule has 0 saturated carbocycles. The molecule has 0 spiro atoms. The Labute approximate surface area is 373 Å². The van der Waals surface area contributed by atoms with Crippen LogP contribution in [0.3, 0.4) is 0 Å². The van der Waals surface area contributed by atoms with E-state index in [0.717, 1.165) is 61.4 Å². The number of H-pyrrole nitrogens is 1. The number of hydrogen-bond acceptors (Lipinski definition) is 8. The van der Waals surface area contributed by atoms with Crippen molar-refractivity contribution >= 4 is 125 Å². The number of carbonyl (C=O) groups excluding carboxylic acids is 2. The SMILES string of the molecule is COc1cc(N2CCN(C(=O)CCl)CC2)ccc1Cl.COc1cc(N2CCN(C(=O)Cn3nc(I)c4ccccc43)CC2)ccc1Cl.Ic1[nH]nc2ccccc12. The van der Waals surface area contributed by atoms with Crippen molar-refractivity contribution in [1.29, 1.82) is 0 Å². The van der Waals surface area contributed by atoms with Crippen LogP contribution in [0.1, 0.15) is 0 Å². The van der Waals surface area contributed by atoms with Crippen molar-refractivity contribution in [2.24, 2.45) is 0 Å². The molecule has 0 radical (unpaired) electrons. The highest BCUT2D eigenvalue weighted by molar-refractivity contribution is 14.1. The van der Waals surface area contributed by atoms with Crippen LogP contribution in [0.15, 0.2) is 84.9 Å². The van der Waals surface area contributed by atoms with Crippen LogP contribution in [0.5, 0.6) is 11.5 Å². The lowest BCUT2D eigenvalue weighted by Gasteiger charge is -2.36. The number of carbonyl (C=O) groups is 2. The number of anilines is 2. The lowest BCUT2D eigenvalue weighted by atomic mass is 10.2. The fourth-order valence-corrected chi connectivity index (χ4v) is 8.42. The molecule has 0 bridgehead atoms. The predicted molar refractivity (Wildman–Crippen MR) is 246 cm³/mol. The maximum Gasteiger partial charge on any atom is 0.244 e. The second-order valence-corrected chi connectivity index (χ2v) is 16.2. The van der Waals surface area contributed by atoms with Gasteiger partial charge in [-0.15, -0.1) is 11.6 Å². The first-order valence-corrected chi connectivity index (χ1v) is 21.5. The molecule has 4 heterocycles. The summed E-state index contributed by atoms with van der Waals surface area (Å²) in [5.41, 5.74) is 4.14. The smallest absolute Gasteiger partial charge is 0.244 e. The van der Waals surface area contributed by atoms with Crippen LogP contribution in [0.2, 0.25) is 10.0 Å². The van der Waals surface area contributed by atoms with Crippen molar-refractivity contribution in [3.05, 3.63) is 102 Å². The summed E-state index contributed by atoms with van der Waals surface area (Å²) in [5.74, 6) is 1.47. The van der Waals surface area contributed by atoms with Crippen molar-refractivity contribution in [1.82, 2.24) is 29.8 Å². The van der Waals surface area contributed by atoms with Crippen LogP contribution >= 0.6 is 80.0 Å². The Bertz CT molecular complexity index is 2310. The zero-order valence-corrected chi connectivity index (χ0v) is 37.9. The van der Waals surface area contributed by atoms with Gasteiger partial charge < -0.3 is 29.1 Å². The number of piperazine rings is 2. The van der Waals surface area contributed by atoms with E-state index in [4.69, 9.17) is 44.3 Å². The molecule has 57 heavy (non-hydrogen) atoms. The van der Waals surface area contributed by atoms with Gasteiger partial charge in [0, 0.05) is 86.6 Å². The minimum atomic E-state index is -0.00463. The van der Waals surface area contributed by atoms with E-state index >= 15 is 0 Å². The Morgan fingerprint density at radius 2 is 1.21 bits per heavy atom. The standard InChI is InChI=1S/C20H20ClIN4O2.C13H16Cl2N2O2.C7H5IN2/c1-28-18-12-14(6-7-16(18)21)24-8-10-25(11-9-24)19(27)13-26-17-5-3-2-4-15(17)20(22)23-26;1-19-12-8-10(2-3-11(12)15)16-4-6-17(7-5-16)13(18)9-14;8-7-5-3-1-2-4-6(5)9-10-7/h2-7,12H,8-11,13H2,1H3;2-3,8H,4-7,9H2,1H3;1-4H,(H,9,10). The second-order valence-electron chi connectivity index (χ2n) is 13.0. The second kappa shape index (κ2) is 20.3. The van der Waals surface area contributed by atoms with Gasteiger partial charge in [0.25, 0.3) is 0 Å². The molecular weight excluding hydrogens is 1020 g/mol. The Morgan fingerprint density at radius 3 is 1.74 bits per heavy atom. The number of methoxy groups -OCH3 is 2. The van der Waals surface area contributed by atoms with Gasteiger partial charge in [-0.1, -0.05) is 59.6 Å². The molecule has 300 valence electrons. The number of aromatic amines is 1. The summed E-state index contributed by atoms with van der Waals surface area (Å²) >= 11 is 22.1. The van der Waals surface area contributed by atoms with Crippen molar-refractivity contribution in [2.45, 2.75) is 6.54 Å². The normalized spacial score (nSPS) is 14.2. The average molecular weight is 1060 g/mol. The highest BCUT2D eigenvalue weighted by Gasteiger charge is 2.24. The molecule has 4 aromatic carbocycles. The molecule has 2 saturated heterocycles. The number of nitrogens with zero attached hydrogens (tertiary/aromatic N) is 7. The molecule has 2 amide bonds. The Hall–Kier alpha value is -3.71. The van der Waals surface area contributed by atoms with Crippen LogP contribution in [0, 0.1) is 7.40 Å². The van der Waals surface area contributed by atoms with E-state index < -0.39 is 0 Å². The summed E-state index contributed by atoms with van der Waals surface area (Å²) < 4.78 is 14.3. The van der Waals surface area contributed by atoms with Gasteiger partial charge in [-0.2, -0.15) is 10.2 Å². The molecule has 2 fully saturated rings. The third kappa shape index (κ3) is 10.7. The topological polar surface area (TPSA) is 112 Å². The number of nitrogens with one attached hydrogen (secondary N) is 1. The van der Waals surface area contributed by atoms with E-state index in [0.29, 0.717) is 47.7 Å². The van der Waals surface area contributed by atoms with E-state index in [1.165, 1.54) is 5.39 Å². The van der Waals surface area contributed by atoms with E-state index in [-0.39, 0.29) is 24.2 Å². The van der Waals surface area contributed by atoms with Crippen LogP contribution < -0.4 is 19.3 Å². The number of halogens is 5. The van der Waals surface area contributed by atoms with Gasteiger partial charge in [0.2, 0.25) is 11.8 Å². The van der Waals surface area contributed by atoms with E-state index in [9.17, 15) is 9.59 Å². The van der Waals surface area contributed by atoms with Crippen LogP contribution in [0.4, 0.5) is 11.4 Å². The van der Waals surface area contributed by atoms with Gasteiger partial charge in [-0.05, 0) is 81.6 Å². The fraction of sp³-hybridized carbons (Fsp3) is 0.300. The molecule has 0 unspecified atom stereocenters. The minimum Gasteiger partial charge on any atom is -0.495 e. The monoisotopic (exact) mass is 1060 g/mol. The van der Waals surface area contributed by atoms with Gasteiger partial charge in [0.05, 0.1) is 35.3 Å². The van der Waals surface area contributed by atoms with Crippen LogP contribution in [0.25, 0.3) is 21.8 Å². The fourth-order valence-electron chi connectivity index (χ4n) is 6.56. The van der Waals surface area contributed by atoms with Crippen LogP contribution in [-0.4, -0.2) is 114 Å². The number of ether oxygens (including phenoxy) is 2. The molecule has 0 atom stereocenters. The number of aromatic nitrogens is 4. The van der Waals surface area contributed by atoms with Crippen LogP contribution in [-0.2, 0) is 16.1 Å². The third-order valence-corrected chi connectivity index (χ3v) is 12.2. The first kappa shape index (κ1) is 42.9. The zero-order valence-electron chi connectivity index (χ0n) is 31.3. The number of amides is 2. The third-order valence-electron chi connectivity index (χ3n) is 9.69. The number of benzene rings is 4. The molecule has 2 aliphatic heterocycles. The highest BCUT2D eigenvalue weighted by atomic mass is 127. The molecule has 1 N–H and O–H groups in total. The largest absolute Gasteiger partial charge is 0.495 e. The van der Waals surface area contributed by atoms with E-state index in [1.807, 2.05) is 83.8 Å². The van der Waals surface area contributed by atoms with Gasteiger partial charge in [-0.25, -0.2) is 0 Å². The zero-order chi connectivity index (χ0) is 40.5. The summed E-state index contributed by atoms with van der Waals surface area (Å²) in [7, 11) is 3.21. The van der Waals surface area contributed by atoms with Gasteiger partial charge in [-0.3, -0.25) is 19.4 Å². The molecule has 8 rings (SSSR count). The molecule has 2 aromatic heterocycles. The summed E-state index contributed by atoms with van der Waals surface area (Å²) in [6, 6.07) is 27.5. The molecule has 2 aliphatic rings. The maximum atomic E-state index is 12.8. The van der Waals surface area contributed by atoms with E-state index in [2.05, 4.69) is 76.3 Å². The Morgan fingerprint density at radius 1 is 0.702 bits per heavy atom. The minimum absolute atomic E-state index is 0.00463. The first-order chi connectivity index (χ1) is 27.6. The highest BCUT2D eigenvalue weighted by Crippen LogP contribution is 2.31. The summed E-state index contributed by atoms with van der Waals surface area (Å²) in [6.07, 6.45) is 0. The van der Waals surface area contributed by atoms with Gasteiger partial charge in [0.15, 0.2) is 0 Å². The van der Waals surface area contributed by atoms with Crippen molar-refractivity contribution < 1.29 is 19.1 Å². The number of rotatable bonds is 7.